The summed E-state index contributed by atoms with van der Waals surface area (Å²) >= 11 is 0. The lowest BCUT2D eigenvalue weighted by Gasteiger charge is -2.28. The number of benzene rings is 2. The Morgan fingerprint density at radius 1 is 0.964 bits per heavy atom. The number of anilines is 2. The summed E-state index contributed by atoms with van der Waals surface area (Å²) in [6, 6.07) is 14.9. The fraction of sp³-hybridized carbons (Fsp3) is 0.391. The zero-order chi connectivity index (χ0) is 19.9. The van der Waals surface area contributed by atoms with Gasteiger partial charge < -0.3 is 15.5 Å². The standard InChI is InChI=1S/C23H29N3O2/c1-3-17(2)24-22(27)18-8-7-9-19(16-18)23(28)25-20-10-12-21(13-11-20)26-14-5-4-6-15-26/h7-13,16-17H,3-6,14-15H2,1-2H3,(H,24,27)(H,25,28). The minimum atomic E-state index is -0.219. The molecule has 1 heterocycles. The maximum Gasteiger partial charge on any atom is 0.255 e. The molecule has 2 amide bonds. The number of nitrogens with one attached hydrogen (secondary N) is 2. The van der Waals surface area contributed by atoms with Crippen molar-refractivity contribution in [3.05, 3.63) is 59.7 Å². The lowest BCUT2D eigenvalue weighted by Crippen LogP contribution is -2.32. The van der Waals surface area contributed by atoms with Gasteiger partial charge in [-0.3, -0.25) is 9.59 Å². The Morgan fingerprint density at radius 3 is 2.25 bits per heavy atom. The molecule has 0 bridgehead atoms. The zero-order valence-corrected chi connectivity index (χ0v) is 16.7. The smallest absolute Gasteiger partial charge is 0.255 e. The Morgan fingerprint density at radius 2 is 1.61 bits per heavy atom. The molecule has 1 unspecified atom stereocenters. The van der Waals surface area contributed by atoms with Crippen LogP contribution in [0, 0.1) is 0 Å². The molecule has 0 aliphatic carbocycles. The molecule has 1 aliphatic heterocycles. The van der Waals surface area contributed by atoms with E-state index in [-0.39, 0.29) is 17.9 Å². The van der Waals surface area contributed by atoms with Gasteiger partial charge >= 0.3 is 0 Å². The van der Waals surface area contributed by atoms with Crippen LogP contribution in [-0.2, 0) is 0 Å². The van der Waals surface area contributed by atoms with Gasteiger partial charge in [-0.2, -0.15) is 0 Å². The van der Waals surface area contributed by atoms with Gasteiger partial charge in [-0.15, -0.1) is 0 Å². The van der Waals surface area contributed by atoms with E-state index in [4.69, 9.17) is 0 Å². The van der Waals surface area contributed by atoms with Crippen LogP contribution in [0.1, 0.15) is 60.2 Å². The number of piperidine rings is 1. The Bertz CT molecular complexity index is 811. The van der Waals surface area contributed by atoms with Crippen LogP contribution in [0.3, 0.4) is 0 Å². The minimum Gasteiger partial charge on any atom is -0.372 e. The minimum absolute atomic E-state index is 0.100. The van der Waals surface area contributed by atoms with Crippen LogP contribution in [-0.4, -0.2) is 30.9 Å². The van der Waals surface area contributed by atoms with E-state index in [0.717, 1.165) is 25.2 Å². The number of carbonyl (C=O) groups excluding carboxylic acids is 2. The summed E-state index contributed by atoms with van der Waals surface area (Å²) in [7, 11) is 0. The zero-order valence-electron chi connectivity index (χ0n) is 16.7. The Kier molecular flexibility index (Phi) is 6.69. The molecule has 0 aromatic heterocycles. The predicted octanol–water partition coefficient (Wildman–Crippen LogP) is 4.46. The van der Waals surface area contributed by atoms with Gasteiger partial charge in [-0.25, -0.2) is 0 Å². The molecule has 28 heavy (non-hydrogen) atoms. The normalized spacial score (nSPS) is 15.0. The number of carbonyl (C=O) groups is 2. The molecule has 2 N–H and O–H groups in total. The van der Waals surface area contributed by atoms with Crippen LogP contribution in [0.4, 0.5) is 11.4 Å². The van der Waals surface area contributed by atoms with Crippen molar-refractivity contribution in [3.63, 3.8) is 0 Å². The fourth-order valence-electron chi connectivity index (χ4n) is 3.32. The molecule has 0 radical (unpaired) electrons. The van der Waals surface area contributed by atoms with E-state index in [2.05, 4.69) is 27.7 Å². The average Bonchev–Trinajstić information content (AvgIpc) is 2.74. The molecule has 1 fully saturated rings. The largest absolute Gasteiger partial charge is 0.372 e. The average molecular weight is 380 g/mol. The Balaban J connectivity index is 1.64. The van der Waals surface area contributed by atoms with Crippen LogP contribution in [0.5, 0.6) is 0 Å². The van der Waals surface area contributed by atoms with Gasteiger partial charge in [0.2, 0.25) is 0 Å². The van der Waals surface area contributed by atoms with Crippen molar-refractivity contribution in [2.75, 3.05) is 23.3 Å². The van der Waals surface area contributed by atoms with Crippen molar-refractivity contribution >= 4 is 23.2 Å². The molecular formula is C23H29N3O2. The highest BCUT2D eigenvalue weighted by atomic mass is 16.2. The first-order valence-corrected chi connectivity index (χ1v) is 10.1. The highest BCUT2D eigenvalue weighted by molar-refractivity contribution is 6.06. The summed E-state index contributed by atoms with van der Waals surface area (Å²) in [5, 5.41) is 5.84. The molecular weight excluding hydrogens is 350 g/mol. The van der Waals surface area contributed by atoms with Crippen LogP contribution < -0.4 is 15.5 Å². The van der Waals surface area contributed by atoms with E-state index in [1.807, 2.05) is 26.0 Å². The van der Waals surface area contributed by atoms with Gasteiger partial charge in [-0.1, -0.05) is 13.0 Å². The number of hydrogen-bond donors (Lipinski definition) is 2. The van der Waals surface area contributed by atoms with E-state index >= 15 is 0 Å². The third kappa shape index (κ3) is 5.12. The SMILES string of the molecule is CCC(C)NC(=O)c1cccc(C(=O)Nc2ccc(N3CCCCC3)cc2)c1. The van der Waals surface area contributed by atoms with E-state index in [1.165, 1.54) is 24.9 Å². The molecule has 3 rings (SSSR count). The second-order valence-corrected chi connectivity index (χ2v) is 7.41. The molecule has 5 nitrogen and oxygen atoms in total. The predicted molar refractivity (Wildman–Crippen MR) is 114 cm³/mol. The molecule has 1 aliphatic rings. The highest BCUT2D eigenvalue weighted by Gasteiger charge is 2.13. The van der Waals surface area contributed by atoms with Gasteiger partial charge in [0.25, 0.3) is 11.8 Å². The van der Waals surface area contributed by atoms with Crippen LogP contribution >= 0.6 is 0 Å². The molecule has 5 heteroatoms. The number of rotatable bonds is 6. The van der Waals surface area contributed by atoms with Crippen LogP contribution in [0.15, 0.2) is 48.5 Å². The van der Waals surface area contributed by atoms with E-state index in [0.29, 0.717) is 11.1 Å². The molecule has 2 aromatic carbocycles. The van der Waals surface area contributed by atoms with Crippen molar-refractivity contribution in [3.8, 4) is 0 Å². The third-order valence-electron chi connectivity index (χ3n) is 5.22. The summed E-state index contributed by atoms with van der Waals surface area (Å²) in [5.41, 5.74) is 2.91. The third-order valence-corrected chi connectivity index (χ3v) is 5.22. The van der Waals surface area contributed by atoms with E-state index in [9.17, 15) is 9.59 Å². The van der Waals surface area contributed by atoms with E-state index < -0.39 is 0 Å². The molecule has 1 atom stereocenters. The molecule has 2 aromatic rings. The maximum atomic E-state index is 12.6. The first kappa shape index (κ1) is 19.9. The highest BCUT2D eigenvalue weighted by Crippen LogP contribution is 2.22. The van der Waals surface area contributed by atoms with Gasteiger partial charge in [-0.05, 0) is 75.1 Å². The summed E-state index contributed by atoms with van der Waals surface area (Å²) in [5.74, 6) is -0.376. The van der Waals surface area contributed by atoms with E-state index in [1.54, 1.807) is 24.3 Å². The van der Waals surface area contributed by atoms with Crippen molar-refractivity contribution in [1.29, 1.82) is 0 Å². The number of hydrogen-bond acceptors (Lipinski definition) is 3. The van der Waals surface area contributed by atoms with Crippen molar-refractivity contribution in [1.82, 2.24) is 5.32 Å². The summed E-state index contributed by atoms with van der Waals surface area (Å²) < 4.78 is 0. The Labute approximate surface area is 167 Å². The molecule has 0 saturated carbocycles. The summed E-state index contributed by atoms with van der Waals surface area (Å²) in [6.45, 7) is 6.17. The quantitative estimate of drug-likeness (QED) is 0.779. The van der Waals surface area contributed by atoms with Gasteiger partial charge in [0, 0.05) is 41.6 Å². The summed E-state index contributed by atoms with van der Waals surface area (Å²) in [4.78, 5) is 27.3. The molecule has 148 valence electrons. The first-order chi connectivity index (χ1) is 13.6. The van der Waals surface area contributed by atoms with Crippen LogP contribution in [0.2, 0.25) is 0 Å². The summed E-state index contributed by atoms with van der Waals surface area (Å²) in [6.07, 6.45) is 4.64. The second kappa shape index (κ2) is 9.40. The van der Waals surface area contributed by atoms with Crippen molar-refractivity contribution in [2.45, 2.75) is 45.6 Å². The second-order valence-electron chi connectivity index (χ2n) is 7.41. The topological polar surface area (TPSA) is 61.4 Å². The number of nitrogens with zero attached hydrogens (tertiary/aromatic N) is 1. The Hall–Kier alpha value is -2.82. The monoisotopic (exact) mass is 379 g/mol. The van der Waals surface area contributed by atoms with Crippen molar-refractivity contribution in [2.24, 2.45) is 0 Å². The first-order valence-electron chi connectivity index (χ1n) is 10.1. The lowest BCUT2D eigenvalue weighted by atomic mass is 10.1. The molecule has 0 spiro atoms. The molecule has 1 saturated heterocycles. The van der Waals surface area contributed by atoms with Gasteiger partial charge in [0.15, 0.2) is 0 Å². The fourth-order valence-corrected chi connectivity index (χ4v) is 3.32. The van der Waals surface area contributed by atoms with Crippen molar-refractivity contribution < 1.29 is 9.59 Å². The number of amides is 2. The maximum absolute atomic E-state index is 12.6. The van der Waals surface area contributed by atoms with Gasteiger partial charge in [0.05, 0.1) is 0 Å². The van der Waals surface area contributed by atoms with Crippen LogP contribution in [0.25, 0.3) is 0 Å². The lowest BCUT2D eigenvalue weighted by molar-refractivity contribution is 0.0939. The van der Waals surface area contributed by atoms with Gasteiger partial charge in [0.1, 0.15) is 0 Å².